The minimum atomic E-state index is 0.164. The summed E-state index contributed by atoms with van der Waals surface area (Å²) in [6.45, 7) is 5.37. The highest BCUT2D eigenvalue weighted by Crippen LogP contribution is 2.22. The molecule has 2 aromatic rings. The van der Waals surface area contributed by atoms with Crippen LogP contribution in [0.1, 0.15) is 29.8 Å². The molecule has 1 unspecified atom stereocenters. The van der Waals surface area contributed by atoms with Crippen LogP contribution in [0, 0.1) is 13.8 Å². The zero-order valence-corrected chi connectivity index (χ0v) is 13.8. The molecule has 1 aromatic heterocycles. The van der Waals surface area contributed by atoms with E-state index in [9.17, 15) is 4.79 Å². The highest BCUT2D eigenvalue weighted by atomic mass is 16.2. The number of likely N-dealkylation sites (tertiary alicyclic amines) is 1. The van der Waals surface area contributed by atoms with Crippen LogP contribution < -0.4 is 5.73 Å². The van der Waals surface area contributed by atoms with Gasteiger partial charge in [-0.2, -0.15) is 5.10 Å². The minimum Gasteiger partial charge on any atom is -0.338 e. The van der Waals surface area contributed by atoms with Gasteiger partial charge in [-0.1, -0.05) is 18.2 Å². The number of benzene rings is 1. The Morgan fingerprint density at radius 1 is 1.30 bits per heavy atom. The van der Waals surface area contributed by atoms with Gasteiger partial charge in [0.05, 0.1) is 17.8 Å². The zero-order chi connectivity index (χ0) is 16.4. The molecule has 1 aliphatic heterocycles. The number of carbonyl (C=O) groups excluding carboxylic acids is 1. The molecule has 5 nitrogen and oxygen atoms in total. The van der Waals surface area contributed by atoms with E-state index >= 15 is 0 Å². The fourth-order valence-corrected chi connectivity index (χ4v) is 3.41. The lowest BCUT2D eigenvalue weighted by molar-refractivity contribution is -0.131. The van der Waals surface area contributed by atoms with Gasteiger partial charge in [0, 0.05) is 30.4 Å². The van der Waals surface area contributed by atoms with E-state index in [1.807, 2.05) is 53.8 Å². The van der Waals surface area contributed by atoms with Crippen LogP contribution in [0.4, 0.5) is 0 Å². The SMILES string of the molecule is Cc1nn(-c2ccccc2)c(C)c1CC(=O)N1CCCC1CN. The third kappa shape index (κ3) is 3.01. The van der Waals surface area contributed by atoms with Crippen LogP contribution in [-0.2, 0) is 11.2 Å². The fourth-order valence-electron chi connectivity index (χ4n) is 3.41. The number of carbonyl (C=O) groups is 1. The highest BCUT2D eigenvalue weighted by Gasteiger charge is 2.28. The predicted molar refractivity (Wildman–Crippen MR) is 90.5 cm³/mol. The smallest absolute Gasteiger partial charge is 0.227 e. The quantitative estimate of drug-likeness (QED) is 0.939. The normalized spacial score (nSPS) is 17.7. The highest BCUT2D eigenvalue weighted by molar-refractivity contribution is 5.80. The molecule has 0 aliphatic carbocycles. The van der Waals surface area contributed by atoms with E-state index in [1.54, 1.807) is 0 Å². The number of para-hydroxylation sites is 1. The summed E-state index contributed by atoms with van der Waals surface area (Å²) in [5.41, 5.74) is 9.79. The summed E-state index contributed by atoms with van der Waals surface area (Å²) in [5, 5.41) is 4.62. The van der Waals surface area contributed by atoms with Gasteiger partial charge in [-0.3, -0.25) is 4.79 Å². The van der Waals surface area contributed by atoms with E-state index in [0.29, 0.717) is 13.0 Å². The number of nitrogens with two attached hydrogens (primary N) is 1. The molecule has 0 spiro atoms. The number of hydrogen-bond acceptors (Lipinski definition) is 3. The molecule has 1 aliphatic rings. The topological polar surface area (TPSA) is 64.2 Å². The molecule has 2 N–H and O–H groups in total. The van der Waals surface area contributed by atoms with E-state index in [-0.39, 0.29) is 11.9 Å². The van der Waals surface area contributed by atoms with Crippen LogP contribution in [0.25, 0.3) is 5.69 Å². The Balaban J connectivity index is 1.84. The summed E-state index contributed by atoms with van der Waals surface area (Å²) in [7, 11) is 0. The Morgan fingerprint density at radius 2 is 2.04 bits per heavy atom. The molecular formula is C18H24N4O. The number of rotatable bonds is 4. The van der Waals surface area contributed by atoms with Crippen molar-refractivity contribution >= 4 is 5.91 Å². The second-order valence-electron chi connectivity index (χ2n) is 6.19. The van der Waals surface area contributed by atoms with Crippen LogP contribution in [0.5, 0.6) is 0 Å². The van der Waals surface area contributed by atoms with Gasteiger partial charge >= 0.3 is 0 Å². The van der Waals surface area contributed by atoms with Gasteiger partial charge in [-0.15, -0.1) is 0 Å². The van der Waals surface area contributed by atoms with Crippen LogP contribution in [0.15, 0.2) is 30.3 Å². The first kappa shape index (κ1) is 15.7. The maximum atomic E-state index is 12.7. The van der Waals surface area contributed by atoms with Crippen LogP contribution in [0.2, 0.25) is 0 Å². The zero-order valence-electron chi connectivity index (χ0n) is 13.8. The van der Waals surface area contributed by atoms with Gasteiger partial charge in [0.2, 0.25) is 5.91 Å². The van der Waals surface area contributed by atoms with Crippen molar-refractivity contribution in [2.24, 2.45) is 5.73 Å². The molecule has 1 saturated heterocycles. The number of aromatic nitrogens is 2. The van der Waals surface area contributed by atoms with Crippen LogP contribution in [0.3, 0.4) is 0 Å². The van der Waals surface area contributed by atoms with Gasteiger partial charge in [-0.25, -0.2) is 4.68 Å². The summed E-state index contributed by atoms with van der Waals surface area (Å²) >= 11 is 0. The van der Waals surface area contributed by atoms with Crippen molar-refractivity contribution in [2.75, 3.05) is 13.1 Å². The number of hydrogen-bond donors (Lipinski definition) is 1. The summed E-state index contributed by atoms with van der Waals surface area (Å²) in [6.07, 6.45) is 2.47. The summed E-state index contributed by atoms with van der Waals surface area (Å²) in [5.74, 6) is 0.164. The molecule has 3 rings (SSSR count). The fraction of sp³-hybridized carbons (Fsp3) is 0.444. The molecule has 0 bridgehead atoms. The van der Waals surface area contributed by atoms with E-state index in [2.05, 4.69) is 5.10 Å². The number of amides is 1. The van der Waals surface area contributed by atoms with Gasteiger partial charge < -0.3 is 10.6 Å². The van der Waals surface area contributed by atoms with Crippen LogP contribution >= 0.6 is 0 Å². The molecule has 1 fully saturated rings. The van der Waals surface area contributed by atoms with Gasteiger partial charge in [0.25, 0.3) is 0 Å². The Kier molecular flexibility index (Phi) is 4.48. The second-order valence-corrected chi connectivity index (χ2v) is 6.19. The molecule has 5 heteroatoms. The minimum absolute atomic E-state index is 0.164. The van der Waals surface area contributed by atoms with E-state index in [1.165, 1.54) is 0 Å². The monoisotopic (exact) mass is 312 g/mol. The molecular weight excluding hydrogens is 288 g/mol. The van der Waals surface area contributed by atoms with Crippen molar-refractivity contribution in [3.05, 3.63) is 47.3 Å². The van der Waals surface area contributed by atoms with Gasteiger partial charge in [0.15, 0.2) is 0 Å². The third-order valence-corrected chi connectivity index (χ3v) is 4.74. The Hall–Kier alpha value is -2.14. The molecule has 0 saturated carbocycles. The predicted octanol–water partition coefficient (Wildman–Crippen LogP) is 1.98. The van der Waals surface area contributed by atoms with E-state index < -0.39 is 0 Å². The average molecular weight is 312 g/mol. The molecule has 2 heterocycles. The molecule has 1 amide bonds. The lowest BCUT2D eigenvalue weighted by atomic mass is 10.1. The molecule has 0 radical (unpaired) electrons. The Bertz CT molecular complexity index is 693. The van der Waals surface area contributed by atoms with Crippen molar-refractivity contribution < 1.29 is 4.79 Å². The van der Waals surface area contributed by atoms with E-state index in [0.717, 1.165) is 42.0 Å². The second kappa shape index (κ2) is 6.54. The first-order valence-electron chi connectivity index (χ1n) is 8.22. The lowest BCUT2D eigenvalue weighted by Crippen LogP contribution is -2.40. The Labute approximate surface area is 137 Å². The van der Waals surface area contributed by atoms with Crippen molar-refractivity contribution in [2.45, 2.75) is 39.2 Å². The van der Waals surface area contributed by atoms with Crippen LogP contribution in [-0.4, -0.2) is 39.7 Å². The first-order valence-corrected chi connectivity index (χ1v) is 8.22. The maximum Gasteiger partial charge on any atom is 0.227 e. The average Bonchev–Trinajstić information content (AvgIpc) is 3.15. The molecule has 1 aromatic carbocycles. The summed E-state index contributed by atoms with van der Waals surface area (Å²) in [4.78, 5) is 14.6. The van der Waals surface area contributed by atoms with Gasteiger partial charge in [0.1, 0.15) is 0 Å². The van der Waals surface area contributed by atoms with E-state index in [4.69, 9.17) is 5.73 Å². The standard InChI is InChI=1S/C18H24N4O/c1-13-17(11-18(23)21-10-6-9-16(21)12-19)14(2)22(20-13)15-7-4-3-5-8-15/h3-5,7-8,16H,6,9-12,19H2,1-2H3. The summed E-state index contributed by atoms with van der Waals surface area (Å²) in [6, 6.07) is 10.2. The van der Waals surface area contributed by atoms with Gasteiger partial charge in [-0.05, 0) is 38.8 Å². The first-order chi connectivity index (χ1) is 11.1. The maximum absolute atomic E-state index is 12.7. The van der Waals surface area contributed by atoms with Crippen molar-refractivity contribution in [3.8, 4) is 5.69 Å². The number of nitrogens with zero attached hydrogens (tertiary/aromatic N) is 3. The Morgan fingerprint density at radius 3 is 2.74 bits per heavy atom. The van der Waals surface area contributed by atoms with Crippen molar-refractivity contribution in [1.82, 2.24) is 14.7 Å². The molecule has 1 atom stereocenters. The lowest BCUT2D eigenvalue weighted by Gasteiger charge is -2.23. The summed E-state index contributed by atoms with van der Waals surface area (Å²) < 4.78 is 1.92. The number of aryl methyl sites for hydroxylation is 1. The van der Waals surface area contributed by atoms with Crippen molar-refractivity contribution in [1.29, 1.82) is 0 Å². The third-order valence-electron chi connectivity index (χ3n) is 4.74. The molecule has 23 heavy (non-hydrogen) atoms. The van der Waals surface area contributed by atoms with Crippen molar-refractivity contribution in [3.63, 3.8) is 0 Å². The largest absolute Gasteiger partial charge is 0.338 e. The molecule has 122 valence electrons.